The number of aliphatic hydroxyl groups excluding tert-OH is 2. The van der Waals surface area contributed by atoms with Crippen molar-refractivity contribution in [1.29, 1.82) is 0 Å². The number of carbonyl (C=O) groups excluding carboxylic acids is 2. The molecule has 6 heteroatoms. The second-order valence-electron chi connectivity index (χ2n) is 11.3. The van der Waals surface area contributed by atoms with E-state index in [4.69, 9.17) is 4.74 Å². The van der Waals surface area contributed by atoms with Crippen LogP contribution in [0, 0.1) is 36.0 Å². The summed E-state index contributed by atoms with van der Waals surface area (Å²) in [5, 5.41) is 21.8. The maximum Gasteiger partial charge on any atom is 0.309 e. The number of ketones is 1. The normalized spacial score (nSPS) is 39.6. The summed E-state index contributed by atoms with van der Waals surface area (Å²) >= 11 is 0. The fraction of sp³-hybridized carbons (Fsp3) is 0.679. The van der Waals surface area contributed by atoms with Gasteiger partial charge in [0.1, 0.15) is 11.9 Å². The van der Waals surface area contributed by atoms with Crippen molar-refractivity contribution in [2.75, 3.05) is 0 Å². The third-order valence-electron chi connectivity index (χ3n) is 8.58. The number of hydrogen-bond acceptors (Lipinski definition) is 6. The molecule has 2 bridgehead atoms. The molecule has 0 spiro atoms. The van der Waals surface area contributed by atoms with Crippen molar-refractivity contribution in [3.8, 4) is 0 Å². The van der Waals surface area contributed by atoms with E-state index in [0.29, 0.717) is 18.3 Å². The highest BCUT2D eigenvalue weighted by atomic mass is 16.5. The molecule has 2 aliphatic carbocycles. The van der Waals surface area contributed by atoms with Crippen molar-refractivity contribution < 1.29 is 24.5 Å². The van der Waals surface area contributed by atoms with Gasteiger partial charge in [0.25, 0.3) is 0 Å². The number of Topliss-reactive ketones (excluding diaryl/α,β-unsaturated/α-hetero) is 1. The Labute approximate surface area is 202 Å². The molecule has 0 amide bonds. The van der Waals surface area contributed by atoms with Gasteiger partial charge in [-0.15, -0.1) is 0 Å². The summed E-state index contributed by atoms with van der Waals surface area (Å²) in [4.78, 5) is 30.5. The molecule has 2 heterocycles. The molecule has 2 saturated carbocycles. The zero-order chi connectivity index (χ0) is 24.6. The van der Waals surface area contributed by atoms with Crippen LogP contribution >= 0.6 is 0 Å². The minimum absolute atomic E-state index is 0.0385. The van der Waals surface area contributed by atoms with Crippen molar-refractivity contribution in [2.45, 2.75) is 91.0 Å². The Hall–Kier alpha value is -2.05. The van der Waals surface area contributed by atoms with Gasteiger partial charge in [-0.3, -0.25) is 14.6 Å². The number of rotatable bonds is 2. The second-order valence-corrected chi connectivity index (χ2v) is 11.3. The van der Waals surface area contributed by atoms with Crippen LogP contribution in [-0.2, 0) is 14.3 Å². The summed E-state index contributed by atoms with van der Waals surface area (Å²) in [6.45, 7) is 7.45. The van der Waals surface area contributed by atoms with Crippen LogP contribution in [0.25, 0.3) is 6.08 Å². The molecule has 0 radical (unpaired) electrons. The molecule has 3 aliphatic rings. The van der Waals surface area contributed by atoms with Gasteiger partial charge in [-0.2, -0.15) is 0 Å². The Morgan fingerprint density at radius 1 is 1.15 bits per heavy atom. The average molecular weight is 470 g/mol. The molecule has 1 saturated heterocycles. The lowest BCUT2D eigenvalue weighted by Gasteiger charge is -2.45. The summed E-state index contributed by atoms with van der Waals surface area (Å²) in [6, 6.07) is 3.96. The van der Waals surface area contributed by atoms with Crippen molar-refractivity contribution >= 4 is 17.8 Å². The third-order valence-corrected chi connectivity index (χ3v) is 8.58. The molecule has 4 rings (SSSR count). The largest absolute Gasteiger partial charge is 0.458 e. The predicted molar refractivity (Wildman–Crippen MR) is 130 cm³/mol. The monoisotopic (exact) mass is 469 g/mol. The minimum Gasteiger partial charge on any atom is -0.458 e. The first kappa shape index (κ1) is 25.1. The van der Waals surface area contributed by atoms with Crippen LogP contribution in [0.3, 0.4) is 0 Å². The lowest BCUT2D eigenvalue weighted by Crippen LogP contribution is -2.54. The molecule has 34 heavy (non-hydrogen) atoms. The van der Waals surface area contributed by atoms with E-state index in [0.717, 1.165) is 48.9 Å². The minimum atomic E-state index is -1.13. The van der Waals surface area contributed by atoms with Crippen LogP contribution in [0.4, 0.5) is 0 Å². The number of nitrogens with zero attached hydrogens (tertiary/aromatic N) is 1. The molecule has 0 aromatic carbocycles. The fourth-order valence-electron chi connectivity index (χ4n) is 6.10. The summed E-state index contributed by atoms with van der Waals surface area (Å²) in [5.41, 5.74) is 1.79. The molecule has 0 unspecified atom stereocenters. The van der Waals surface area contributed by atoms with Crippen molar-refractivity contribution in [3.05, 3.63) is 35.2 Å². The van der Waals surface area contributed by atoms with Crippen LogP contribution in [0.1, 0.15) is 77.0 Å². The summed E-state index contributed by atoms with van der Waals surface area (Å²) < 4.78 is 5.93. The maximum absolute atomic E-state index is 13.1. The Morgan fingerprint density at radius 3 is 2.59 bits per heavy atom. The van der Waals surface area contributed by atoms with E-state index >= 15 is 0 Å². The maximum atomic E-state index is 13.1. The average Bonchev–Trinajstić information content (AvgIpc) is 3.53. The molecule has 1 aromatic heterocycles. The highest BCUT2D eigenvalue weighted by molar-refractivity contribution is 5.89. The van der Waals surface area contributed by atoms with E-state index in [2.05, 4.69) is 4.98 Å². The van der Waals surface area contributed by atoms with Crippen LogP contribution in [-0.4, -0.2) is 45.3 Å². The molecule has 186 valence electrons. The van der Waals surface area contributed by atoms with E-state index in [1.807, 2.05) is 38.3 Å². The number of aromatic nitrogens is 1. The highest BCUT2D eigenvalue weighted by Crippen LogP contribution is 2.49. The van der Waals surface area contributed by atoms with Gasteiger partial charge < -0.3 is 14.9 Å². The quantitative estimate of drug-likeness (QED) is 0.629. The van der Waals surface area contributed by atoms with Gasteiger partial charge in [0.2, 0.25) is 0 Å². The van der Waals surface area contributed by atoms with Crippen LogP contribution < -0.4 is 0 Å². The number of aliphatic hydroxyl groups is 2. The number of pyridine rings is 1. The van der Waals surface area contributed by atoms with Gasteiger partial charge in [-0.05, 0) is 80.6 Å². The van der Waals surface area contributed by atoms with Crippen molar-refractivity contribution in [1.82, 2.24) is 4.98 Å². The van der Waals surface area contributed by atoms with Gasteiger partial charge in [-0.1, -0.05) is 32.8 Å². The number of esters is 1. The zero-order valence-corrected chi connectivity index (χ0v) is 20.9. The fourth-order valence-corrected chi connectivity index (χ4v) is 6.10. The molecule has 2 N–H and O–H groups in total. The summed E-state index contributed by atoms with van der Waals surface area (Å²) in [5.74, 6) is -0.0997. The van der Waals surface area contributed by atoms with E-state index < -0.39 is 29.5 Å². The van der Waals surface area contributed by atoms with Gasteiger partial charge in [0.15, 0.2) is 0 Å². The second kappa shape index (κ2) is 9.90. The van der Waals surface area contributed by atoms with Crippen LogP contribution in [0.15, 0.2) is 23.9 Å². The number of ether oxygens (including phenoxy) is 1. The Kier molecular flexibility index (Phi) is 7.30. The van der Waals surface area contributed by atoms with Gasteiger partial charge in [0.05, 0.1) is 29.7 Å². The number of aryl methyl sites for hydroxylation is 1. The van der Waals surface area contributed by atoms with Crippen LogP contribution in [0.2, 0.25) is 0 Å². The van der Waals surface area contributed by atoms with E-state index in [-0.39, 0.29) is 24.2 Å². The van der Waals surface area contributed by atoms with Gasteiger partial charge >= 0.3 is 5.97 Å². The Bertz CT molecular complexity index is 941. The SMILES string of the molecule is C/C(=C\c1ccc(C)cn1)[C@@H]1C[C@@H]2C[C@@H]2CCC[C@@H]2C[C@@](C)(C(=O)[C@H](C)[C@H]2O)[C@@H](O)CC(=O)O1. The Morgan fingerprint density at radius 2 is 1.88 bits per heavy atom. The molecule has 1 aliphatic heterocycles. The lowest BCUT2D eigenvalue weighted by molar-refractivity contribution is -0.161. The van der Waals surface area contributed by atoms with Crippen LogP contribution in [0.5, 0.6) is 0 Å². The molecule has 3 fully saturated rings. The highest BCUT2D eigenvalue weighted by Gasteiger charge is 2.52. The first-order chi connectivity index (χ1) is 16.1. The van der Waals surface area contributed by atoms with E-state index in [1.54, 1.807) is 13.8 Å². The van der Waals surface area contributed by atoms with Gasteiger partial charge in [-0.25, -0.2) is 0 Å². The van der Waals surface area contributed by atoms with E-state index in [1.165, 1.54) is 0 Å². The summed E-state index contributed by atoms with van der Waals surface area (Å²) in [6.07, 6.45) is 6.60. The number of hydrogen-bond donors (Lipinski definition) is 2. The predicted octanol–water partition coefficient (Wildman–Crippen LogP) is 4.26. The topological polar surface area (TPSA) is 96.7 Å². The van der Waals surface area contributed by atoms with Gasteiger partial charge in [0, 0.05) is 12.1 Å². The molecule has 6 nitrogen and oxygen atoms in total. The smallest absolute Gasteiger partial charge is 0.309 e. The molecule has 8 atom stereocenters. The number of fused-ring (bicyclic) bond motifs is 3. The van der Waals surface area contributed by atoms with Crippen molar-refractivity contribution in [3.63, 3.8) is 0 Å². The van der Waals surface area contributed by atoms with Crippen molar-refractivity contribution in [2.24, 2.45) is 29.1 Å². The van der Waals surface area contributed by atoms with E-state index in [9.17, 15) is 19.8 Å². The molecule has 1 aromatic rings. The lowest BCUT2D eigenvalue weighted by atomic mass is 9.60. The molecular formula is C28H39NO5. The Balaban J connectivity index is 1.56. The standard InChI is InChI=1S/C28H39NO5/c1-16-8-9-22(29-15-16)10-17(2)23-12-21-11-19(21)6-5-7-20-14-28(4,24(30)13-25(31)34-23)27(33)18(3)26(20)32/h8-10,15,18-21,23-24,26,30,32H,5-7,11-14H2,1-4H3/b17-10+/t18-,19+,20-,21+,23+,24+,26-,28-/m1/s1. The zero-order valence-electron chi connectivity index (χ0n) is 20.9. The first-order valence-corrected chi connectivity index (χ1v) is 12.8. The molecular weight excluding hydrogens is 430 g/mol. The first-order valence-electron chi connectivity index (χ1n) is 12.8. The number of carbonyl (C=O) groups is 2. The summed E-state index contributed by atoms with van der Waals surface area (Å²) in [7, 11) is 0. The third kappa shape index (κ3) is 5.28. The number of cyclic esters (lactones) is 1.